The largest absolute Gasteiger partial charge is 0.457 e. The van der Waals surface area contributed by atoms with Crippen LogP contribution >= 0.6 is 11.6 Å². The van der Waals surface area contributed by atoms with Crippen LogP contribution in [0.25, 0.3) is 21.7 Å². The molecule has 0 bridgehead atoms. The van der Waals surface area contributed by atoms with Crippen LogP contribution in [-0.2, 0) is 0 Å². The number of carbonyl (C=O) groups excluding carboxylic acids is 1. The molecule has 0 aliphatic heterocycles. The molecular formula is C27H19ClN2O2. The number of rotatable bonds is 4. The second-order valence-corrected chi connectivity index (χ2v) is 8.06. The second kappa shape index (κ2) is 8.33. The summed E-state index contributed by atoms with van der Waals surface area (Å²) in [5, 5.41) is 6.41. The molecule has 4 aromatic carbocycles. The molecule has 0 saturated heterocycles. The second-order valence-electron chi connectivity index (χ2n) is 7.62. The Morgan fingerprint density at radius 2 is 1.75 bits per heavy atom. The van der Waals surface area contributed by atoms with Crippen molar-refractivity contribution in [3.8, 4) is 11.5 Å². The van der Waals surface area contributed by atoms with Gasteiger partial charge in [0.25, 0.3) is 5.91 Å². The zero-order valence-electron chi connectivity index (χ0n) is 17.3. The minimum atomic E-state index is -0.139. The molecule has 0 spiro atoms. The first-order valence-corrected chi connectivity index (χ1v) is 10.6. The van der Waals surface area contributed by atoms with Crippen molar-refractivity contribution in [2.45, 2.75) is 6.92 Å². The van der Waals surface area contributed by atoms with Gasteiger partial charge in [-0.25, -0.2) is 0 Å². The van der Waals surface area contributed by atoms with Crippen molar-refractivity contribution >= 4 is 44.9 Å². The zero-order valence-corrected chi connectivity index (χ0v) is 18.1. The van der Waals surface area contributed by atoms with Crippen molar-refractivity contribution < 1.29 is 9.53 Å². The minimum absolute atomic E-state index is 0.139. The fourth-order valence-corrected chi connectivity index (χ4v) is 3.83. The molecule has 5 rings (SSSR count). The summed E-state index contributed by atoms with van der Waals surface area (Å²) in [6.07, 6.45) is 1.70. The average molecular weight is 439 g/mol. The normalized spacial score (nSPS) is 10.9. The number of benzene rings is 4. The van der Waals surface area contributed by atoms with E-state index in [1.165, 1.54) is 0 Å². The van der Waals surface area contributed by atoms with Crippen molar-refractivity contribution in [3.63, 3.8) is 0 Å². The number of nitrogens with zero attached hydrogens (tertiary/aromatic N) is 1. The SMILES string of the molecule is Cc1cccc(NC(=O)c2ccc3cc(Oc4ccnc5cc(Cl)ccc45)ccc3c2)c1. The highest BCUT2D eigenvalue weighted by atomic mass is 35.5. The number of nitrogens with one attached hydrogen (secondary N) is 1. The third-order valence-corrected chi connectivity index (χ3v) is 5.48. The zero-order chi connectivity index (χ0) is 22.1. The first kappa shape index (κ1) is 20.0. The van der Waals surface area contributed by atoms with Crippen molar-refractivity contribution in [3.05, 3.63) is 107 Å². The van der Waals surface area contributed by atoms with Gasteiger partial charge in [-0.2, -0.15) is 0 Å². The van der Waals surface area contributed by atoms with E-state index < -0.39 is 0 Å². The number of fused-ring (bicyclic) bond motifs is 2. The van der Waals surface area contributed by atoms with E-state index >= 15 is 0 Å². The van der Waals surface area contributed by atoms with Crippen LogP contribution in [0.15, 0.2) is 91.1 Å². The molecule has 1 amide bonds. The molecule has 4 nitrogen and oxygen atoms in total. The van der Waals surface area contributed by atoms with E-state index in [0.717, 1.165) is 32.9 Å². The number of amides is 1. The van der Waals surface area contributed by atoms with E-state index in [0.29, 0.717) is 22.1 Å². The van der Waals surface area contributed by atoms with Gasteiger partial charge >= 0.3 is 0 Å². The van der Waals surface area contributed by atoms with E-state index in [4.69, 9.17) is 16.3 Å². The number of pyridine rings is 1. The molecule has 0 aliphatic carbocycles. The predicted octanol–water partition coefficient (Wildman–Crippen LogP) is 7.39. The van der Waals surface area contributed by atoms with Gasteiger partial charge < -0.3 is 10.1 Å². The summed E-state index contributed by atoms with van der Waals surface area (Å²) in [6, 6.07) is 26.6. The summed E-state index contributed by atoms with van der Waals surface area (Å²) in [7, 11) is 0. The van der Waals surface area contributed by atoms with E-state index in [9.17, 15) is 4.79 Å². The van der Waals surface area contributed by atoms with E-state index in [-0.39, 0.29) is 5.91 Å². The summed E-state index contributed by atoms with van der Waals surface area (Å²) in [5.41, 5.74) is 3.26. The lowest BCUT2D eigenvalue weighted by atomic mass is 10.1. The average Bonchev–Trinajstić information content (AvgIpc) is 2.78. The Morgan fingerprint density at radius 3 is 2.62 bits per heavy atom. The maximum absolute atomic E-state index is 12.7. The fourth-order valence-electron chi connectivity index (χ4n) is 3.67. The third kappa shape index (κ3) is 4.13. The maximum atomic E-state index is 12.7. The molecule has 1 N–H and O–H groups in total. The van der Waals surface area contributed by atoms with Gasteiger partial charge in [-0.1, -0.05) is 35.9 Å². The summed E-state index contributed by atoms with van der Waals surface area (Å²) < 4.78 is 6.15. The Kier molecular flexibility index (Phi) is 5.21. The van der Waals surface area contributed by atoms with Gasteiger partial charge in [-0.15, -0.1) is 0 Å². The highest BCUT2D eigenvalue weighted by Crippen LogP contribution is 2.32. The number of hydrogen-bond donors (Lipinski definition) is 1. The van der Waals surface area contributed by atoms with Gasteiger partial charge in [0, 0.05) is 27.9 Å². The summed E-state index contributed by atoms with van der Waals surface area (Å²) >= 11 is 6.07. The Labute approximate surface area is 190 Å². The molecule has 1 aromatic heterocycles. The quantitative estimate of drug-likeness (QED) is 0.318. The Balaban J connectivity index is 1.40. The lowest BCUT2D eigenvalue weighted by Gasteiger charge is -2.10. The molecule has 156 valence electrons. The Hall–Kier alpha value is -3.89. The van der Waals surface area contributed by atoms with E-state index in [1.807, 2.05) is 91.9 Å². The number of ether oxygens (including phenoxy) is 1. The molecule has 32 heavy (non-hydrogen) atoms. The first-order chi connectivity index (χ1) is 15.5. The molecule has 0 saturated carbocycles. The van der Waals surface area contributed by atoms with Crippen LogP contribution in [0.2, 0.25) is 5.02 Å². The van der Waals surface area contributed by atoms with Crippen LogP contribution in [0.1, 0.15) is 15.9 Å². The molecule has 5 aromatic rings. The van der Waals surface area contributed by atoms with Crippen LogP contribution in [0.4, 0.5) is 5.69 Å². The van der Waals surface area contributed by atoms with Crippen molar-refractivity contribution in [1.29, 1.82) is 0 Å². The molecule has 0 aliphatic rings. The topological polar surface area (TPSA) is 51.2 Å². The van der Waals surface area contributed by atoms with Gasteiger partial charge in [0.2, 0.25) is 0 Å². The summed E-state index contributed by atoms with van der Waals surface area (Å²) in [6.45, 7) is 2.00. The van der Waals surface area contributed by atoms with Crippen molar-refractivity contribution in [1.82, 2.24) is 4.98 Å². The van der Waals surface area contributed by atoms with Crippen LogP contribution in [0.3, 0.4) is 0 Å². The molecule has 0 unspecified atom stereocenters. The monoisotopic (exact) mass is 438 g/mol. The number of halogens is 1. The van der Waals surface area contributed by atoms with Gasteiger partial charge in [0.05, 0.1) is 5.52 Å². The number of carbonyl (C=O) groups is 1. The molecule has 0 fully saturated rings. The van der Waals surface area contributed by atoms with E-state index in [2.05, 4.69) is 10.3 Å². The molecule has 1 heterocycles. The maximum Gasteiger partial charge on any atom is 0.255 e. The first-order valence-electron chi connectivity index (χ1n) is 10.2. The van der Waals surface area contributed by atoms with Crippen LogP contribution in [0.5, 0.6) is 11.5 Å². The summed E-state index contributed by atoms with van der Waals surface area (Å²) in [5.74, 6) is 1.27. The predicted molar refractivity (Wildman–Crippen MR) is 130 cm³/mol. The molecule has 5 heteroatoms. The lowest BCUT2D eigenvalue weighted by molar-refractivity contribution is 0.102. The third-order valence-electron chi connectivity index (χ3n) is 5.24. The Morgan fingerprint density at radius 1 is 0.906 bits per heavy atom. The van der Waals surface area contributed by atoms with Crippen LogP contribution < -0.4 is 10.1 Å². The Bertz CT molecular complexity index is 1480. The van der Waals surface area contributed by atoms with E-state index in [1.54, 1.807) is 6.20 Å². The minimum Gasteiger partial charge on any atom is -0.457 e. The highest BCUT2D eigenvalue weighted by Gasteiger charge is 2.09. The summed E-state index contributed by atoms with van der Waals surface area (Å²) in [4.78, 5) is 17.0. The van der Waals surface area contributed by atoms with Gasteiger partial charge in [0.1, 0.15) is 11.5 Å². The lowest BCUT2D eigenvalue weighted by Crippen LogP contribution is -2.11. The molecular weight excluding hydrogens is 420 g/mol. The van der Waals surface area contributed by atoms with Crippen molar-refractivity contribution in [2.75, 3.05) is 5.32 Å². The number of hydrogen-bond acceptors (Lipinski definition) is 3. The van der Waals surface area contributed by atoms with Gasteiger partial charge in [-0.05, 0) is 83.9 Å². The van der Waals surface area contributed by atoms with Crippen molar-refractivity contribution in [2.24, 2.45) is 0 Å². The van der Waals surface area contributed by atoms with Crippen LogP contribution in [0, 0.1) is 6.92 Å². The van der Waals surface area contributed by atoms with Gasteiger partial charge in [0.15, 0.2) is 0 Å². The number of anilines is 1. The number of aryl methyl sites for hydroxylation is 1. The molecule has 0 atom stereocenters. The molecule has 0 radical (unpaired) electrons. The smallest absolute Gasteiger partial charge is 0.255 e. The van der Waals surface area contributed by atoms with Gasteiger partial charge in [-0.3, -0.25) is 9.78 Å². The fraction of sp³-hybridized carbons (Fsp3) is 0.0370. The highest BCUT2D eigenvalue weighted by molar-refractivity contribution is 6.31. The standard InChI is InChI=1S/C27H19ClN2O2/c1-17-3-2-4-22(13-17)30-27(31)20-6-5-19-15-23(9-7-18(19)14-20)32-26-11-12-29-25-16-21(28)8-10-24(25)26/h2-16H,1H3,(H,30,31). The van der Waals surface area contributed by atoms with Crippen LogP contribution in [-0.4, -0.2) is 10.9 Å². The number of aromatic nitrogens is 1.